The molecule has 1 amide bonds. The third-order valence-corrected chi connectivity index (χ3v) is 3.35. The van der Waals surface area contributed by atoms with Crippen molar-refractivity contribution in [3.05, 3.63) is 29.8 Å². The topological polar surface area (TPSA) is 38.3 Å². The minimum atomic E-state index is -0.0471. The van der Waals surface area contributed by atoms with Crippen LogP contribution < -0.4 is 10.1 Å². The molecule has 1 aromatic rings. The van der Waals surface area contributed by atoms with E-state index < -0.39 is 0 Å². The molecule has 1 aromatic carbocycles. The molecule has 0 saturated heterocycles. The first-order valence-corrected chi connectivity index (χ1v) is 7.71. The molecule has 0 aliphatic heterocycles. The van der Waals surface area contributed by atoms with Crippen LogP contribution in [0.4, 0.5) is 0 Å². The normalized spacial score (nSPS) is 12.2. The zero-order valence-electron chi connectivity index (χ0n) is 12.5. The molecule has 4 heteroatoms. The number of benzene rings is 1. The van der Waals surface area contributed by atoms with E-state index >= 15 is 0 Å². The summed E-state index contributed by atoms with van der Waals surface area (Å²) in [5.41, 5.74) is 0.654. The van der Waals surface area contributed by atoms with Gasteiger partial charge in [-0.25, -0.2) is 0 Å². The third-order valence-electron chi connectivity index (χ3n) is 3.13. The quantitative estimate of drug-likeness (QED) is 0.740. The summed E-state index contributed by atoms with van der Waals surface area (Å²) in [5, 5.41) is 2.96. The number of alkyl halides is 1. The molecule has 0 bridgehead atoms. The van der Waals surface area contributed by atoms with Gasteiger partial charge >= 0.3 is 0 Å². The standard InChI is InChI=1S/C16H24ClNO2/c1-4-13(9-10-17)11-18-16(19)14-5-7-15(8-6-14)20-12(2)3/h5-8,12-13H,4,9-11H2,1-3H3,(H,18,19). The second-order valence-electron chi connectivity index (χ2n) is 5.15. The van der Waals surface area contributed by atoms with Gasteiger partial charge in [0.25, 0.3) is 5.91 Å². The molecule has 0 heterocycles. The van der Waals surface area contributed by atoms with Crippen LogP contribution in [0, 0.1) is 5.92 Å². The monoisotopic (exact) mass is 297 g/mol. The van der Waals surface area contributed by atoms with Gasteiger partial charge in [-0.1, -0.05) is 13.3 Å². The summed E-state index contributed by atoms with van der Waals surface area (Å²) < 4.78 is 5.55. The van der Waals surface area contributed by atoms with Crippen LogP contribution in [0.5, 0.6) is 5.75 Å². The fourth-order valence-electron chi connectivity index (χ4n) is 1.90. The first kappa shape index (κ1) is 16.8. The third kappa shape index (κ3) is 5.83. The van der Waals surface area contributed by atoms with E-state index in [0.29, 0.717) is 23.9 Å². The molecule has 1 N–H and O–H groups in total. The Morgan fingerprint density at radius 2 is 1.95 bits per heavy atom. The van der Waals surface area contributed by atoms with Gasteiger partial charge in [0.2, 0.25) is 0 Å². The average Bonchev–Trinajstić information content (AvgIpc) is 2.43. The molecule has 3 nitrogen and oxygen atoms in total. The number of halogens is 1. The van der Waals surface area contributed by atoms with Gasteiger partial charge in [-0.2, -0.15) is 0 Å². The summed E-state index contributed by atoms with van der Waals surface area (Å²) in [6.07, 6.45) is 2.09. The smallest absolute Gasteiger partial charge is 0.251 e. The summed E-state index contributed by atoms with van der Waals surface area (Å²) in [4.78, 5) is 12.0. The van der Waals surface area contributed by atoms with Gasteiger partial charge in [0.05, 0.1) is 6.10 Å². The SMILES string of the molecule is CCC(CCCl)CNC(=O)c1ccc(OC(C)C)cc1. The molecule has 1 unspecified atom stereocenters. The van der Waals surface area contributed by atoms with Crippen LogP contribution in [0.1, 0.15) is 44.0 Å². The van der Waals surface area contributed by atoms with E-state index in [0.717, 1.165) is 18.6 Å². The zero-order chi connectivity index (χ0) is 15.0. The Hall–Kier alpha value is -1.22. The second kappa shape index (κ2) is 8.85. The van der Waals surface area contributed by atoms with Crippen LogP contribution in [-0.2, 0) is 0 Å². The van der Waals surface area contributed by atoms with Gasteiger partial charge in [0, 0.05) is 18.0 Å². The fraction of sp³-hybridized carbons (Fsp3) is 0.562. The van der Waals surface area contributed by atoms with Crippen molar-refractivity contribution in [2.45, 2.75) is 39.7 Å². The Kier molecular flexibility index (Phi) is 7.45. The maximum Gasteiger partial charge on any atom is 0.251 e. The Morgan fingerprint density at radius 1 is 1.30 bits per heavy atom. The van der Waals surface area contributed by atoms with Gasteiger partial charge in [-0.15, -0.1) is 11.6 Å². The predicted molar refractivity (Wildman–Crippen MR) is 83.7 cm³/mol. The van der Waals surface area contributed by atoms with Crippen molar-refractivity contribution in [3.8, 4) is 5.75 Å². The Bertz CT molecular complexity index is 403. The fourth-order valence-corrected chi connectivity index (χ4v) is 2.21. The Balaban J connectivity index is 2.51. The number of carbonyl (C=O) groups excluding carboxylic acids is 1. The van der Waals surface area contributed by atoms with E-state index in [4.69, 9.17) is 16.3 Å². The number of nitrogens with one attached hydrogen (secondary N) is 1. The molecule has 0 aromatic heterocycles. The van der Waals surface area contributed by atoms with Gasteiger partial charge in [-0.3, -0.25) is 4.79 Å². The van der Waals surface area contributed by atoms with Crippen molar-refractivity contribution >= 4 is 17.5 Å². The average molecular weight is 298 g/mol. The number of carbonyl (C=O) groups is 1. The summed E-state index contributed by atoms with van der Waals surface area (Å²) in [5.74, 6) is 1.81. The maximum atomic E-state index is 12.0. The molecule has 112 valence electrons. The van der Waals surface area contributed by atoms with Crippen molar-refractivity contribution in [1.82, 2.24) is 5.32 Å². The van der Waals surface area contributed by atoms with E-state index in [1.54, 1.807) is 12.1 Å². The van der Waals surface area contributed by atoms with Gasteiger partial charge in [0.1, 0.15) is 5.75 Å². The summed E-state index contributed by atoms with van der Waals surface area (Å²) in [7, 11) is 0. The summed E-state index contributed by atoms with van der Waals surface area (Å²) in [6.45, 7) is 6.73. The van der Waals surface area contributed by atoms with Crippen LogP contribution in [0.3, 0.4) is 0 Å². The largest absolute Gasteiger partial charge is 0.491 e. The van der Waals surface area contributed by atoms with Crippen LogP contribution in [0.15, 0.2) is 24.3 Å². The van der Waals surface area contributed by atoms with Crippen molar-refractivity contribution in [2.24, 2.45) is 5.92 Å². The molecule has 0 radical (unpaired) electrons. The van der Waals surface area contributed by atoms with E-state index in [2.05, 4.69) is 12.2 Å². The van der Waals surface area contributed by atoms with E-state index in [1.165, 1.54) is 0 Å². The molecule has 0 saturated carbocycles. The molecule has 0 aliphatic rings. The molecule has 20 heavy (non-hydrogen) atoms. The maximum absolute atomic E-state index is 12.0. The summed E-state index contributed by atoms with van der Waals surface area (Å²) in [6, 6.07) is 7.22. The van der Waals surface area contributed by atoms with Crippen LogP contribution >= 0.6 is 11.6 Å². The molecule has 0 fully saturated rings. The van der Waals surface area contributed by atoms with E-state index in [-0.39, 0.29) is 12.0 Å². The highest BCUT2D eigenvalue weighted by Gasteiger charge is 2.10. The predicted octanol–water partition coefficient (Wildman–Crippen LogP) is 3.86. The van der Waals surface area contributed by atoms with E-state index in [9.17, 15) is 4.79 Å². The first-order valence-electron chi connectivity index (χ1n) is 7.17. The lowest BCUT2D eigenvalue weighted by Gasteiger charge is -2.14. The lowest BCUT2D eigenvalue weighted by molar-refractivity contribution is 0.0946. The highest BCUT2D eigenvalue weighted by Crippen LogP contribution is 2.14. The Morgan fingerprint density at radius 3 is 2.45 bits per heavy atom. The molecule has 1 rings (SSSR count). The second-order valence-corrected chi connectivity index (χ2v) is 5.53. The van der Waals surface area contributed by atoms with Gasteiger partial charge in [-0.05, 0) is 50.5 Å². The van der Waals surface area contributed by atoms with Crippen molar-refractivity contribution < 1.29 is 9.53 Å². The number of hydrogen-bond acceptors (Lipinski definition) is 2. The highest BCUT2D eigenvalue weighted by atomic mass is 35.5. The molecule has 0 spiro atoms. The highest BCUT2D eigenvalue weighted by molar-refractivity contribution is 6.17. The minimum Gasteiger partial charge on any atom is -0.491 e. The zero-order valence-corrected chi connectivity index (χ0v) is 13.2. The Labute approximate surface area is 126 Å². The summed E-state index contributed by atoms with van der Waals surface area (Å²) >= 11 is 5.74. The van der Waals surface area contributed by atoms with Crippen LogP contribution in [0.2, 0.25) is 0 Å². The molecular formula is C16H24ClNO2. The van der Waals surface area contributed by atoms with Crippen LogP contribution in [0.25, 0.3) is 0 Å². The van der Waals surface area contributed by atoms with E-state index in [1.807, 2.05) is 26.0 Å². The lowest BCUT2D eigenvalue weighted by atomic mass is 10.0. The molecule has 1 atom stereocenters. The molecule has 0 aliphatic carbocycles. The first-order chi connectivity index (χ1) is 9.56. The van der Waals surface area contributed by atoms with Crippen LogP contribution in [-0.4, -0.2) is 24.4 Å². The number of amides is 1. The van der Waals surface area contributed by atoms with Gasteiger partial charge < -0.3 is 10.1 Å². The van der Waals surface area contributed by atoms with Crippen molar-refractivity contribution in [3.63, 3.8) is 0 Å². The van der Waals surface area contributed by atoms with Crippen molar-refractivity contribution in [1.29, 1.82) is 0 Å². The number of rotatable bonds is 8. The number of hydrogen-bond donors (Lipinski definition) is 1. The lowest BCUT2D eigenvalue weighted by Crippen LogP contribution is -2.29. The molecular weight excluding hydrogens is 274 g/mol. The minimum absolute atomic E-state index is 0.0471. The van der Waals surface area contributed by atoms with Gasteiger partial charge in [0.15, 0.2) is 0 Å². The van der Waals surface area contributed by atoms with Crippen molar-refractivity contribution in [2.75, 3.05) is 12.4 Å². The number of ether oxygens (including phenoxy) is 1.